The first-order valence-corrected chi connectivity index (χ1v) is 5.39. The van der Waals surface area contributed by atoms with Crippen molar-refractivity contribution in [3.8, 4) is 0 Å². The first kappa shape index (κ1) is 13.8. The molecule has 4 heteroatoms. The zero-order valence-corrected chi connectivity index (χ0v) is 8.94. The molecule has 0 aliphatic carbocycles. The van der Waals surface area contributed by atoms with Gasteiger partial charge in [-0.25, -0.2) is 8.78 Å². The van der Waals surface area contributed by atoms with Crippen LogP contribution in [0.15, 0.2) is 0 Å². The number of nitrogens with two attached hydrogens (primary N) is 1. The molecule has 0 heterocycles. The van der Waals surface area contributed by atoms with Crippen LogP contribution >= 0.6 is 0 Å². The maximum absolute atomic E-state index is 11.7. The van der Waals surface area contributed by atoms with Gasteiger partial charge in [0.1, 0.15) is 0 Å². The number of hydrogen-bond donors (Lipinski definition) is 2. The Morgan fingerprint density at radius 3 is 2.50 bits per heavy atom. The van der Waals surface area contributed by atoms with E-state index in [0.717, 1.165) is 32.2 Å². The molecule has 1 unspecified atom stereocenters. The minimum atomic E-state index is -2.24. The van der Waals surface area contributed by atoms with E-state index in [1.165, 1.54) is 0 Å². The average molecular weight is 208 g/mol. The molecule has 0 fully saturated rings. The lowest BCUT2D eigenvalue weighted by Gasteiger charge is -2.13. The van der Waals surface area contributed by atoms with Crippen LogP contribution in [0.3, 0.4) is 0 Å². The molecule has 0 aliphatic heterocycles. The van der Waals surface area contributed by atoms with Crippen molar-refractivity contribution < 1.29 is 8.78 Å². The van der Waals surface area contributed by atoms with Gasteiger partial charge in [-0.2, -0.15) is 0 Å². The van der Waals surface area contributed by atoms with Crippen LogP contribution in [0.1, 0.15) is 32.6 Å². The van der Waals surface area contributed by atoms with Gasteiger partial charge in [0.05, 0.1) is 6.54 Å². The van der Waals surface area contributed by atoms with E-state index in [1.54, 1.807) is 0 Å². The van der Waals surface area contributed by atoms with Crippen LogP contribution in [0.4, 0.5) is 8.78 Å². The van der Waals surface area contributed by atoms with Gasteiger partial charge in [0.15, 0.2) is 0 Å². The molecule has 0 amide bonds. The number of nitrogens with one attached hydrogen (secondary N) is 1. The molecule has 0 spiro atoms. The molecule has 0 radical (unpaired) electrons. The van der Waals surface area contributed by atoms with Crippen LogP contribution in [0, 0.1) is 5.92 Å². The molecule has 0 bridgehead atoms. The topological polar surface area (TPSA) is 38.0 Å². The summed E-state index contributed by atoms with van der Waals surface area (Å²) < 4.78 is 23.5. The summed E-state index contributed by atoms with van der Waals surface area (Å²) in [4.78, 5) is 0. The largest absolute Gasteiger partial charge is 0.330 e. The maximum atomic E-state index is 11.7. The number of alkyl halides is 2. The zero-order valence-electron chi connectivity index (χ0n) is 8.94. The van der Waals surface area contributed by atoms with Crippen LogP contribution in [0.5, 0.6) is 0 Å². The molecule has 86 valence electrons. The van der Waals surface area contributed by atoms with Crippen molar-refractivity contribution in [1.29, 1.82) is 0 Å². The zero-order chi connectivity index (χ0) is 10.8. The van der Waals surface area contributed by atoms with E-state index < -0.39 is 6.43 Å². The van der Waals surface area contributed by atoms with E-state index in [-0.39, 0.29) is 6.54 Å². The smallest absolute Gasteiger partial charge is 0.250 e. The summed E-state index contributed by atoms with van der Waals surface area (Å²) in [6.07, 6.45) is 1.99. The fourth-order valence-electron chi connectivity index (χ4n) is 1.52. The van der Waals surface area contributed by atoms with Gasteiger partial charge in [0.2, 0.25) is 0 Å². The first-order valence-electron chi connectivity index (χ1n) is 5.39. The van der Waals surface area contributed by atoms with Gasteiger partial charge in [0, 0.05) is 0 Å². The van der Waals surface area contributed by atoms with Crippen molar-refractivity contribution in [2.45, 2.75) is 39.0 Å². The molecular formula is C10H22F2N2. The molecular weight excluding hydrogens is 186 g/mol. The minimum absolute atomic E-state index is 0.187. The highest BCUT2D eigenvalue weighted by atomic mass is 19.3. The summed E-state index contributed by atoms with van der Waals surface area (Å²) in [5.74, 6) is 0.661. The number of halogens is 2. The quantitative estimate of drug-likeness (QED) is 0.569. The molecule has 0 aliphatic rings. The van der Waals surface area contributed by atoms with Crippen molar-refractivity contribution in [2.75, 3.05) is 19.6 Å². The predicted octanol–water partition coefficient (Wildman–Crippen LogP) is 2.00. The Kier molecular flexibility index (Phi) is 9.19. The van der Waals surface area contributed by atoms with Crippen molar-refractivity contribution in [3.05, 3.63) is 0 Å². The van der Waals surface area contributed by atoms with Crippen LogP contribution < -0.4 is 11.1 Å². The molecule has 2 nitrogen and oxygen atoms in total. The highest BCUT2D eigenvalue weighted by Gasteiger charge is 2.05. The van der Waals surface area contributed by atoms with Crippen molar-refractivity contribution in [3.63, 3.8) is 0 Å². The summed E-state index contributed by atoms with van der Waals surface area (Å²) in [6, 6.07) is 0. The Morgan fingerprint density at radius 2 is 2.00 bits per heavy atom. The second-order valence-corrected chi connectivity index (χ2v) is 3.59. The molecule has 3 N–H and O–H groups in total. The first-order chi connectivity index (χ1) is 6.70. The van der Waals surface area contributed by atoms with Gasteiger partial charge in [0.25, 0.3) is 6.43 Å². The molecule has 0 aromatic rings. The molecule has 0 rings (SSSR count). The highest BCUT2D eigenvalue weighted by molar-refractivity contribution is 4.59. The van der Waals surface area contributed by atoms with Gasteiger partial charge < -0.3 is 11.1 Å². The summed E-state index contributed by atoms with van der Waals surface area (Å²) in [6.45, 7) is 3.37. The predicted molar refractivity (Wildman–Crippen MR) is 55.6 cm³/mol. The third-order valence-electron chi connectivity index (χ3n) is 2.42. The fraction of sp³-hybridized carbons (Fsp3) is 1.00. The van der Waals surface area contributed by atoms with Gasteiger partial charge in [-0.1, -0.05) is 13.3 Å². The maximum Gasteiger partial charge on any atom is 0.250 e. The van der Waals surface area contributed by atoms with Crippen LogP contribution in [0.2, 0.25) is 0 Å². The number of rotatable bonds is 9. The average Bonchev–Trinajstić information content (AvgIpc) is 2.15. The second-order valence-electron chi connectivity index (χ2n) is 3.59. The fourth-order valence-corrected chi connectivity index (χ4v) is 1.52. The monoisotopic (exact) mass is 208 g/mol. The van der Waals surface area contributed by atoms with E-state index in [9.17, 15) is 8.78 Å². The standard InChI is InChI=1S/C10H22F2N2/c1-2-9(5-6-13)4-3-7-14-8-10(11)12/h9-10,14H,2-8,13H2,1H3. The van der Waals surface area contributed by atoms with Crippen molar-refractivity contribution >= 4 is 0 Å². The third-order valence-corrected chi connectivity index (χ3v) is 2.42. The lowest BCUT2D eigenvalue weighted by molar-refractivity contribution is 0.146. The Balaban J connectivity index is 3.24. The lowest BCUT2D eigenvalue weighted by atomic mass is 9.97. The second kappa shape index (κ2) is 9.34. The van der Waals surface area contributed by atoms with Gasteiger partial charge in [-0.3, -0.25) is 0 Å². The van der Waals surface area contributed by atoms with Crippen LogP contribution in [-0.4, -0.2) is 26.1 Å². The SMILES string of the molecule is CCC(CCN)CCCNCC(F)F. The number of hydrogen-bond acceptors (Lipinski definition) is 2. The van der Waals surface area contributed by atoms with E-state index >= 15 is 0 Å². The summed E-state index contributed by atoms with van der Waals surface area (Å²) in [5, 5.41) is 2.73. The van der Waals surface area contributed by atoms with Gasteiger partial charge in [-0.05, 0) is 38.3 Å². The molecule has 0 aromatic carbocycles. The van der Waals surface area contributed by atoms with Crippen LogP contribution in [-0.2, 0) is 0 Å². The molecule has 0 saturated carbocycles. The summed E-state index contributed by atoms with van der Waals surface area (Å²) in [5.41, 5.74) is 5.46. The van der Waals surface area contributed by atoms with E-state index in [4.69, 9.17) is 5.73 Å². The van der Waals surface area contributed by atoms with E-state index in [1.807, 2.05) is 0 Å². The van der Waals surface area contributed by atoms with Crippen molar-refractivity contribution in [2.24, 2.45) is 11.7 Å². The molecule has 14 heavy (non-hydrogen) atoms. The van der Waals surface area contributed by atoms with E-state index in [0.29, 0.717) is 12.5 Å². The summed E-state index contributed by atoms with van der Waals surface area (Å²) in [7, 11) is 0. The third kappa shape index (κ3) is 8.38. The van der Waals surface area contributed by atoms with Crippen molar-refractivity contribution in [1.82, 2.24) is 5.32 Å². The normalized spacial score (nSPS) is 13.5. The lowest BCUT2D eigenvalue weighted by Crippen LogP contribution is -2.22. The Bertz CT molecular complexity index is 121. The summed E-state index contributed by atoms with van der Waals surface area (Å²) >= 11 is 0. The van der Waals surface area contributed by atoms with E-state index in [2.05, 4.69) is 12.2 Å². The minimum Gasteiger partial charge on any atom is -0.330 e. The van der Waals surface area contributed by atoms with Gasteiger partial charge >= 0.3 is 0 Å². The highest BCUT2D eigenvalue weighted by Crippen LogP contribution is 2.13. The molecule has 0 aromatic heterocycles. The Labute approximate surface area is 85.2 Å². The molecule has 1 atom stereocenters. The molecule has 0 saturated heterocycles. The van der Waals surface area contributed by atoms with Crippen LogP contribution in [0.25, 0.3) is 0 Å². The van der Waals surface area contributed by atoms with Gasteiger partial charge in [-0.15, -0.1) is 0 Å². The Morgan fingerprint density at radius 1 is 1.29 bits per heavy atom. The Hall–Kier alpha value is -0.220.